The number of carbonyl (C=O) groups excluding carboxylic acids is 2. The summed E-state index contributed by atoms with van der Waals surface area (Å²) in [6.07, 6.45) is 1.95. The van der Waals surface area contributed by atoms with Gasteiger partial charge in [0.2, 0.25) is 11.8 Å². The fourth-order valence-corrected chi connectivity index (χ4v) is 7.30. The molecule has 1 saturated heterocycles. The Labute approximate surface area is 241 Å². The summed E-state index contributed by atoms with van der Waals surface area (Å²) < 4.78 is 12.9. The van der Waals surface area contributed by atoms with Crippen molar-refractivity contribution in [1.82, 2.24) is 15.1 Å². The lowest BCUT2D eigenvalue weighted by atomic mass is 10.0. The Morgan fingerprint density at radius 3 is 2.65 bits per heavy atom. The van der Waals surface area contributed by atoms with Crippen LogP contribution in [0.3, 0.4) is 0 Å². The molecule has 2 atom stereocenters. The van der Waals surface area contributed by atoms with E-state index >= 15 is 0 Å². The fraction of sp³-hybridized carbons (Fsp3) is 0.300. The van der Waals surface area contributed by atoms with Crippen LogP contribution in [0.15, 0.2) is 72.1 Å². The lowest BCUT2D eigenvalue weighted by molar-refractivity contribution is -0.123. The Morgan fingerprint density at radius 1 is 1.12 bits per heavy atom. The van der Waals surface area contributed by atoms with Crippen LogP contribution in [-0.4, -0.2) is 60.3 Å². The summed E-state index contributed by atoms with van der Waals surface area (Å²) in [6, 6.07) is 21.7. The number of methoxy groups -OCH3 is 1. The van der Waals surface area contributed by atoms with E-state index < -0.39 is 0 Å². The highest BCUT2D eigenvalue weighted by molar-refractivity contribution is 8.00. The van der Waals surface area contributed by atoms with E-state index in [1.807, 2.05) is 60.7 Å². The van der Waals surface area contributed by atoms with Crippen molar-refractivity contribution in [1.29, 1.82) is 0 Å². The maximum Gasteiger partial charge on any atom is 0.240 e. The average Bonchev–Trinajstić information content (AvgIpc) is 3.77. The molecule has 206 valence electrons. The molecule has 0 spiro atoms. The number of thiophene rings is 1. The number of nitrogens with zero attached hydrogens (tertiary/aromatic N) is 3. The second-order valence-corrected chi connectivity index (χ2v) is 11.8. The largest absolute Gasteiger partial charge is 0.497 e. The van der Waals surface area contributed by atoms with Crippen molar-refractivity contribution >= 4 is 40.7 Å². The molecule has 4 heterocycles. The molecule has 0 unspecified atom stereocenters. The minimum Gasteiger partial charge on any atom is -0.497 e. The highest BCUT2D eigenvalue weighted by atomic mass is 32.2. The van der Waals surface area contributed by atoms with Crippen LogP contribution in [0.4, 0.5) is 5.82 Å². The van der Waals surface area contributed by atoms with E-state index in [4.69, 9.17) is 14.6 Å². The van der Waals surface area contributed by atoms with Gasteiger partial charge in [0.05, 0.1) is 35.6 Å². The molecular weight excluding hydrogens is 544 g/mol. The highest BCUT2D eigenvalue weighted by Crippen LogP contribution is 2.49. The number of benzene rings is 2. The van der Waals surface area contributed by atoms with E-state index in [-0.39, 0.29) is 35.5 Å². The van der Waals surface area contributed by atoms with Crippen LogP contribution in [0.5, 0.6) is 5.75 Å². The van der Waals surface area contributed by atoms with Gasteiger partial charge in [-0.1, -0.05) is 36.4 Å². The van der Waals surface area contributed by atoms with Crippen molar-refractivity contribution in [2.45, 2.75) is 24.2 Å². The highest BCUT2D eigenvalue weighted by Gasteiger charge is 2.38. The topological polar surface area (TPSA) is 85.7 Å². The number of thioether (sulfide) groups is 1. The molecular formula is C30H30N4O4S2. The predicted octanol–water partition coefficient (Wildman–Crippen LogP) is 5.07. The number of ether oxygens (including phenoxy) is 2. The van der Waals surface area contributed by atoms with Gasteiger partial charge in [-0.15, -0.1) is 23.1 Å². The SMILES string of the molecule is COc1ccc(-n2nc(-c3ccccc3)c3c2N(CC(=O)NC[C@H]2CCCO2)C(=O)CS[C@H]3c2cccs2)cc1. The molecule has 2 aliphatic heterocycles. The quantitative estimate of drug-likeness (QED) is 0.316. The summed E-state index contributed by atoms with van der Waals surface area (Å²) >= 11 is 3.23. The predicted molar refractivity (Wildman–Crippen MR) is 159 cm³/mol. The van der Waals surface area contributed by atoms with E-state index in [0.717, 1.165) is 52.6 Å². The zero-order chi connectivity index (χ0) is 27.5. The molecule has 4 aromatic rings. The van der Waals surface area contributed by atoms with Crippen LogP contribution in [0.2, 0.25) is 0 Å². The standard InChI is InChI=1S/C30H30N4O4S2/c1-37-22-13-11-21(12-14-22)34-30-27(28(32-34)20-7-3-2-4-8-20)29(24-10-6-16-39-24)40-19-26(36)33(30)18-25(35)31-17-23-9-5-15-38-23/h2-4,6-8,10-14,16,23,29H,5,9,15,17-19H2,1H3,(H,31,35)/t23-,29+/m1/s1. The Balaban J connectivity index is 1.49. The number of carbonyl (C=O) groups is 2. The Hall–Kier alpha value is -3.60. The summed E-state index contributed by atoms with van der Waals surface area (Å²) in [7, 11) is 1.63. The first-order valence-corrected chi connectivity index (χ1v) is 15.2. The van der Waals surface area contributed by atoms with Crippen molar-refractivity contribution in [2.24, 2.45) is 0 Å². The van der Waals surface area contributed by atoms with Crippen LogP contribution < -0.4 is 15.0 Å². The minimum atomic E-state index is -0.224. The Morgan fingerprint density at radius 2 is 1.95 bits per heavy atom. The third-order valence-electron chi connectivity index (χ3n) is 7.11. The van der Waals surface area contributed by atoms with Crippen LogP contribution in [0, 0.1) is 0 Å². The number of hydrogen-bond donors (Lipinski definition) is 1. The first-order chi connectivity index (χ1) is 19.6. The first kappa shape index (κ1) is 26.6. The van der Waals surface area contributed by atoms with Gasteiger partial charge in [-0.3, -0.25) is 14.5 Å². The molecule has 1 fully saturated rings. The third kappa shape index (κ3) is 5.39. The zero-order valence-corrected chi connectivity index (χ0v) is 23.7. The van der Waals surface area contributed by atoms with E-state index in [2.05, 4.69) is 16.8 Å². The van der Waals surface area contributed by atoms with Gasteiger partial charge >= 0.3 is 0 Å². The molecule has 0 radical (unpaired) electrons. The van der Waals surface area contributed by atoms with Crippen LogP contribution in [0.25, 0.3) is 16.9 Å². The molecule has 8 nitrogen and oxygen atoms in total. The van der Waals surface area contributed by atoms with E-state index in [1.165, 1.54) is 0 Å². The second kappa shape index (κ2) is 11.9. The van der Waals surface area contributed by atoms with Gasteiger partial charge < -0.3 is 14.8 Å². The van der Waals surface area contributed by atoms with Gasteiger partial charge in [-0.05, 0) is 48.6 Å². The molecule has 10 heteroatoms. The monoisotopic (exact) mass is 574 g/mol. The van der Waals surface area contributed by atoms with Gasteiger partial charge in [0.1, 0.15) is 18.1 Å². The van der Waals surface area contributed by atoms with Gasteiger partial charge in [0, 0.05) is 29.2 Å². The maximum absolute atomic E-state index is 13.8. The average molecular weight is 575 g/mol. The number of nitrogens with one attached hydrogen (secondary N) is 1. The minimum absolute atomic E-state index is 0.0209. The summed E-state index contributed by atoms with van der Waals surface area (Å²) in [4.78, 5) is 29.7. The number of anilines is 1. The number of amides is 2. The van der Waals surface area contributed by atoms with E-state index in [0.29, 0.717) is 12.4 Å². The molecule has 2 aromatic carbocycles. The first-order valence-electron chi connectivity index (χ1n) is 13.3. The third-order valence-corrected chi connectivity index (χ3v) is 9.43. The molecule has 40 heavy (non-hydrogen) atoms. The van der Waals surface area contributed by atoms with Crippen molar-refractivity contribution in [3.05, 3.63) is 82.6 Å². The molecule has 2 aliphatic rings. The van der Waals surface area contributed by atoms with Crippen LogP contribution >= 0.6 is 23.1 Å². The molecule has 0 bridgehead atoms. The van der Waals surface area contributed by atoms with Gasteiger partial charge in [-0.25, -0.2) is 4.68 Å². The molecule has 0 aliphatic carbocycles. The van der Waals surface area contributed by atoms with Crippen molar-refractivity contribution in [3.8, 4) is 22.7 Å². The Kier molecular flexibility index (Phi) is 7.90. The van der Waals surface area contributed by atoms with Gasteiger partial charge in [0.25, 0.3) is 0 Å². The fourth-order valence-electron chi connectivity index (χ4n) is 5.13. The summed E-state index contributed by atoms with van der Waals surface area (Å²) in [6.45, 7) is 1.05. The maximum atomic E-state index is 13.8. The molecule has 0 saturated carbocycles. The Bertz CT molecular complexity index is 1470. The molecule has 6 rings (SSSR count). The summed E-state index contributed by atoms with van der Waals surface area (Å²) in [5.41, 5.74) is 3.43. The van der Waals surface area contributed by atoms with Crippen molar-refractivity contribution in [2.75, 3.05) is 37.5 Å². The molecule has 1 N–H and O–H groups in total. The number of rotatable bonds is 8. The number of hydrogen-bond acceptors (Lipinski definition) is 7. The normalized spacial score (nSPS) is 18.8. The van der Waals surface area contributed by atoms with Crippen molar-refractivity contribution < 1.29 is 19.1 Å². The van der Waals surface area contributed by atoms with Crippen LogP contribution in [-0.2, 0) is 14.3 Å². The second-order valence-electron chi connectivity index (χ2n) is 9.69. The van der Waals surface area contributed by atoms with Crippen molar-refractivity contribution in [3.63, 3.8) is 0 Å². The molecule has 2 aromatic heterocycles. The van der Waals surface area contributed by atoms with Crippen LogP contribution in [0.1, 0.15) is 28.5 Å². The smallest absolute Gasteiger partial charge is 0.240 e. The summed E-state index contributed by atoms with van der Waals surface area (Å²) in [5.74, 6) is 1.22. The lowest BCUT2D eigenvalue weighted by Gasteiger charge is -2.23. The molecule has 2 amide bonds. The number of fused-ring (bicyclic) bond motifs is 1. The lowest BCUT2D eigenvalue weighted by Crippen LogP contribution is -2.44. The number of aromatic nitrogens is 2. The van der Waals surface area contributed by atoms with Gasteiger partial charge in [-0.2, -0.15) is 5.10 Å². The van der Waals surface area contributed by atoms with E-state index in [9.17, 15) is 9.59 Å². The zero-order valence-electron chi connectivity index (χ0n) is 22.1. The van der Waals surface area contributed by atoms with Gasteiger partial charge in [0.15, 0.2) is 0 Å². The van der Waals surface area contributed by atoms with E-state index in [1.54, 1.807) is 39.8 Å². The summed E-state index contributed by atoms with van der Waals surface area (Å²) in [5, 5.41) is 10.0.